The molecule has 0 unspecified atom stereocenters. The highest BCUT2D eigenvalue weighted by Crippen LogP contribution is 2.07. The van der Waals surface area contributed by atoms with E-state index in [-0.39, 0.29) is 18.4 Å². The van der Waals surface area contributed by atoms with Crippen LogP contribution in [0.15, 0.2) is 17.5 Å². The fourth-order valence-corrected chi connectivity index (χ4v) is 2.52. The van der Waals surface area contributed by atoms with E-state index in [1.165, 1.54) is 17.8 Å². The Kier molecular flexibility index (Phi) is 4.72. The second-order valence-electron chi connectivity index (χ2n) is 4.24. The van der Waals surface area contributed by atoms with Crippen molar-refractivity contribution in [3.05, 3.63) is 22.4 Å². The normalized spacial score (nSPS) is 16.2. The smallest absolute Gasteiger partial charge is 0.261 e. The summed E-state index contributed by atoms with van der Waals surface area (Å²) in [5.74, 6) is -0.361. The van der Waals surface area contributed by atoms with Gasteiger partial charge in [-0.05, 0) is 24.3 Å². The predicted molar refractivity (Wildman–Crippen MR) is 70.2 cm³/mol. The van der Waals surface area contributed by atoms with Gasteiger partial charge in [-0.3, -0.25) is 15.0 Å². The average Bonchev–Trinajstić information content (AvgIpc) is 2.91. The first-order chi connectivity index (χ1) is 8.75. The van der Waals surface area contributed by atoms with E-state index >= 15 is 0 Å². The van der Waals surface area contributed by atoms with Crippen molar-refractivity contribution in [1.29, 1.82) is 0 Å². The Labute approximate surface area is 110 Å². The zero-order valence-electron chi connectivity index (χ0n) is 10.1. The molecule has 1 saturated heterocycles. The summed E-state index contributed by atoms with van der Waals surface area (Å²) in [6, 6.07) is 3.55. The van der Waals surface area contributed by atoms with Gasteiger partial charge in [0.05, 0.1) is 11.4 Å². The van der Waals surface area contributed by atoms with Gasteiger partial charge in [-0.25, -0.2) is 5.01 Å². The van der Waals surface area contributed by atoms with Crippen molar-refractivity contribution in [3.8, 4) is 0 Å². The lowest BCUT2D eigenvalue weighted by Crippen LogP contribution is -2.48. The van der Waals surface area contributed by atoms with E-state index in [0.29, 0.717) is 4.88 Å². The van der Waals surface area contributed by atoms with Crippen LogP contribution in [0.25, 0.3) is 0 Å². The Morgan fingerprint density at radius 3 is 2.72 bits per heavy atom. The van der Waals surface area contributed by atoms with Crippen molar-refractivity contribution in [2.75, 3.05) is 19.6 Å². The van der Waals surface area contributed by atoms with Crippen LogP contribution < -0.4 is 10.7 Å². The van der Waals surface area contributed by atoms with Crippen LogP contribution in [0.3, 0.4) is 0 Å². The Bertz CT molecular complexity index is 399. The van der Waals surface area contributed by atoms with E-state index < -0.39 is 0 Å². The number of thiophene rings is 1. The summed E-state index contributed by atoms with van der Waals surface area (Å²) in [6.45, 7) is 1.81. The Hall–Kier alpha value is -1.40. The van der Waals surface area contributed by atoms with E-state index in [2.05, 4.69) is 10.7 Å². The molecule has 0 spiro atoms. The summed E-state index contributed by atoms with van der Waals surface area (Å²) in [5, 5.41) is 6.36. The summed E-state index contributed by atoms with van der Waals surface area (Å²) < 4.78 is 0. The van der Waals surface area contributed by atoms with Gasteiger partial charge in [0.2, 0.25) is 0 Å². The Morgan fingerprint density at radius 2 is 2.06 bits per heavy atom. The van der Waals surface area contributed by atoms with Crippen molar-refractivity contribution in [1.82, 2.24) is 15.8 Å². The van der Waals surface area contributed by atoms with Crippen molar-refractivity contribution in [3.63, 3.8) is 0 Å². The number of hydrazine groups is 1. The molecule has 1 aliphatic rings. The average molecular weight is 267 g/mol. The maximum atomic E-state index is 11.6. The van der Waals surface area contributed by atoms with Crippen LogP contribution in [0, 0.1) is 0 Å². The van der Waals surface area contributed by atoms with E-state index in [1.807, 2.05) is 16.5 Å². The molecule has 18 heavy (non-hydrogen) atoms. The van der Waals surface area contributed by atoms with Crippen molar-refractivity contribution < 1.29 is 9.59 Å². The van der Waals surface area contributed by atoms with Crippen molar-refractivity contribution >= 4 is 23.2 Å². The molecule has 0 atom stereocenters. The quantitative estimate of drug-likeness (QED) is 0.855. The lowest BCUT2D eigenvalue weighted by atomic mass is 10.2. The topological polar surface area (TPSA) is 61.4 Å². The minimum atomic E-state index is -0.196. The summed E-state index contributed by atoms with van der Waals surface area (Å²) in [5.41, 5.74) is 2.80. The molecule has 2 rings (SSSR count). The Balaban J connectivity index is 1.69. The molecule has 2 N–H and O–H groups in total. The summed E-state index contributed by atoms with van der Waals surface area (Å²) in [6.07, 6.45) is 3.45. The van der Waals surface area contributed by atoms with Crippen LogP contribution in [-0.4, -0.2) is 36.5 Å². The highest BCUT2D eigenvalue weighted by molar-refractivity contribution is 7.12. The fraction of sp³-hybridized carbons (Fsp3) is 0.500. The molecule has 0 radical (unpaired) electrons. The standard InChI is InChI=1S/C12H17N3O2S/c16-11(14-15-6-2-1-3-7-15)9-13-12(17)10-5-4-8-18-10/h4-5,8H,1-3,6-7,9H2,(H,13,17)(H,14,16). The number of carbonyl (C=O) groups excluding carboxylic acids is 2. The highest BCUT2D eigenvalue weighted by Gasteiger charge is 2.13. The summed E-state index contributed by atoms with van der Waals surface area (Å²) in [4.78, 5) is 23.9. The molecule has 1 aromatic rings. The first-order valence-electron chi connectivity index (χ1n) is 6.12. The molecule has 1 aliphatic heterocycles. The molecule has 1 fully saturated rings. The molecule has 0 bridgehead atoms. The largest absolute Gasteiger partial charge is 0.342 e. The predicted octanol–water partition coefficient (Wildman–Crippen LogP) is 0.995. The number of nitrogens with zero attached hydrogens (tertiary/aromatic N) is 1. The van der Waals surface area contributed by atoms with E-state index in [9.17, 15) is 9.59 Å². The number of piperidine rings is 1. The lowest BCUT2D eigenvalue weighted by molar-refractivity contribution is -0.125. The van der Waals surface area contributed by atoms with Gasteiger partial charge in [0, 0.05) is 13.1 Å². The number of hydrogen-bond donors (Lipinski definition) is 2. The molecule has 2 amide bonds. The van der Waals surface area contributed by atoms with Crippen LogP contribution >= 0.6 is 11.3 Å². The Morgan fingerprint density at radius 1 is 1.28 bits per heavy atom. The van der Waals surface area contributed by atoms with Crippen LogP contribution in [0.2, 0.25) is 0 Å². The maximum Gasteiger partial charge on any atom is 0.261 e. The number of rotatable bonds is 4. The molecular weight excluding hydrogens is 250 g/mol. The molecule has 2 heterocycles. The molecule has 0 aliphatic carbocycles. The first kappa shape index (κ1) is 13.0. The van der Waals surface area contributed by atoms with Crippen LogP contribution in [-0.2, 0) is 4.79 Å². The fourth-order valence-electron chi connectivity index (χ4n) is 1.88. The van der Waals surface area contributed by atoms with Crippen molar-refractivity contribution in [2.24, 2.45) is 0 Å². The van der Waals surface area contributed by atoms with Gasteiger partial charge in [0.15, 0.2) is 0 Å². The summed E-state index contributed by atoms with van der Waals surface area (Å²) >= 11 is 1.36. The molecule has 98 valence electrons. The molecular formula is C12H17N3O2S. The second-order valence-corrected chi connectivity index (χ2v) is 5.19. The van der Waals surface area contributed by atoms with Gasteiger partial charge in [-0.15, -0.1) is 11.3 Å². The highest BCUT2D eigenvalue weighted by atomic mass is 32.1. The lowest BCUT2D eigenvalue weighted by Gasteiger charge is -2.26. The second kappa shape index (κ2) is 6.51. The van der Waals surface area contributed by atoms with Crippen LogP contribution in [0.4, 0.5) is 0 Å². The molecule has 0 aromatic carbocycles. The SMILES string of the molecule is O=C(CNC(=O)c1cccs1)NN1CCCCC1. The zero-order chi connectivity index (χ0) is 12.8. The molecule has 6 heteroatoms. The third-order valence-electron chi connectivity index (χ3n) is 2.79. The first-order valence-corrected chi connectivity index (χ1v) is 7.00. The molecule has 5 nitrogen and oxygen atoms in total. The van der Waals surface area contributed by atoms with Gasteiger partial charge in [0.1, 0.15) is 0 Å². The van der Waals surface area contributed by atoms with E-state index in [0.717, 1.165) is 25.9 Å². The van der Waals surface area contributed by atoms with E-state index in [1.54, 1.807) is 6.07 Å². The van der Waals surface area contributed by atoms with Gasteiger partial charge in [0.25, 0.3) is 11.8 Å². The third kappa shape index (κ3) is 3.82. The van der Waals surface area contributed by atoms with E-state index in [4.69, 9.17) is 0 Å². The zero-order valence-corrected chi connectivity index (χ0v) is 11.0. The summed E-state index contributed by atoms with van der Waals surface area (Å²) in [7, 11) is 0. The number of carbonyl (C=O) groups is 2. The van der Waals surface area contributed by atoms with Crippen LogP contribution in [0.1, 0.15) is 28.9 Å². The van der Waals surface area contributed by atoms with Gasteiger partial charge in [-0.1, -0.05) is 12.5 Å². The minimum Gasteiger partial charge on any atom is -0.342 e. The van der Waals surface area contributed by atoms with Crippen LogP contribution in [0.5, 0.6) is 0 Å². The number of nitrogens with one attached hydrogen (secondary N) is 2. The molecule has 1 aromatic heterocycles. The third-order valence-corrected chi connectivity index (χ3v) is 3.66. The van der Waals surface area contributed by atoms with Gasteiger partial charge >= 0.3 is 0 Å². The minimum absolute atomic E-state index is 0.0211. The monoisotopic (exact) mass is 267 g/mol. The van der Waals surface area contributed by atoms with Gasteiger partial charge < -0.3 is 5.32 Å². The number of amides is 2. The van der Waals surface area contributed by atoms with Gasteiger partial charge in [-0.2, -0.15) is 0 Å². The molecule has 0 saturated carbocycles. The number of hydrogen-bond acceptors (Lipinski definition) is 4. The maximum absolute atomic E-state index is 11.6. The van der Waals surface area contributed by atoms with Crippen molar-refractivity contribution in [2.45, 2.75) is 19.3 Å².